The molecule has 7 nitrogen and oxygen atoms in total. The molecule has 1 N–H and O–H groups in total. The van der Waals surface area contributed by atoms with Crippen molar-refractivity contribution in [2.75, 3.05) is 38.2 Å². The second-order valence-corrected chi connectivity index (χ2v) is 13.4. The summed E-state index contributed by atoms with van der Waals surface area (Å²) < 4.78 is 39.1. The van der Waals surface area contributed by atoms with Gasteiger partial charge in [0.2, 0.25) is 0 Å². The second-order valence-electron chi connectivity index (χ2n) is 13.4. The molecule has 0 unspecified atom stereocenters. The Labute approximate surface area is 264 Å². The minimum atomic E-state index is -2.92. The molecule has 0 spiro atoms. The Hall–Kier alpha value is -3.35. The predicted octanol–water partition coefficient (Wildman–Crippen LogP) is 6.99. The number of anilines is 1. The molecule has 1 aromatic heterocycles. The maximum atomic E-state index is 15.9. The topological polar surface area (TPSA) is 83.2 Å². The summed E-state index contributed by atoms with van der Waals surface area (Å²) in [4.78, 5) is 20.1. The van der Waals surface area contributed by atoms with Crippen LogP contribution in [0.1, 0.15) is 93.0 Å². The number of piperidine rings is 1. The van der Waals surface area contributed by atoms with E-state index in [0.717, 1.165) is 80.2 Å². The van der Waals surface area contributed by atoms with Crippen LogP contribution in [0.2, 0.25) is 0 Å². The van der Waals surface area contributed by atoms with Crippen molar-refractivity contribution in [2.45, 2.75) is 88.5 Å². The zero-order valence-corrected chi connectivity index (χ0v) is 26.6. The van der Waals surface area contributed by atoms with E-state index in [0.29, 0.717) is 50.3 Å². The molecule has 240 valence electrons. The molecule has 0 saturated carbocycles. The molecule has 2 fully saturated rings. The highest BCUT2D eigenvalue weighted by atomic mass is 19.3. The van der Waals surface area contributed by atoms with Gasteiger partial charge < -0.3 is 15.0 Å². The lowest BCUT2D eigenvalue weighted by Gasteiger charge is -2.36. The Morgan fingerprint density at radius 3 is 2.49 bits per heavy atom. The van der Waals surface area contributed by atoms with E-state index in [2.05, 4.69) is 27.3 Å². The maximum absolute atomic E-state index is 15.9. The molecule has 45 heavy (non-hydrogen) atoms. The van der Waals surface area contributed by atoms with Crippen LogP contribution in [0.25, 0.3) is 10.9 Å². The number of hydrogen-bond acceptors (Lipinski definition) is 6. The van der Waals surface area contributed by atoms with Crippen LogP contribution in [0.4, 0.5) is 14.6 Å². The van der Waals surface area contributed by atoms with Crippen molar-refractivity contribution >= 4 is 16.7 Å². The number of halogens is 2. The van der Waals surface area contributed by atoms with Gasteiger partial charge in [-0.2, -0.15) is 10.2 Å². The monoisotopic (exact) mass is 617 g/mol. The van der Waals surface area contributed by atoms with E-state index < -0.39 is 17.3 Å². The summed E-state index contributed by atoms with van der Waals surface area (Å²) in [6.07, 6.45) is 8.31. The molecule has 2 saturated heterocycles. The molecular formula is C36H45F2N5O2. The van der Waals surface area contributed by atoms with Crippen molar-refractivity contribution < 1.29 is 13.5 Å². The van der Waals surface area contributed by atoms with Gasteiger partial charge in [-0.1, -0.05) is 43.5 Å². The number of nitriles is 1. The number of benzene rings is 2. The Bertz CT molecular complexity index is 1620. The first kappa shape index (κ1) is 31.6. The Morgan fingerprint density at radius 2 is 1.73 bits per heavy atom. The molecule has 0 radical (unpaired) electrons. The first-order valence-corrected chi connectivity index (χ1v) is 16.7. The SMILES string of the molecule is C[C@H]1Nc2nc(=O)n(C)c3c(cc(C4(C#N)CCOCC4)cc23)CCCCCCCN2CCC(CC2)C(F)(F)c2cccc1c2. The second kappa shape index (κ2) is 13.2. The molecule has 2 aromatic carbocycles. The molecule has 0 amide bonds. The lowest BCUT2D eigenvalue weighted by Crippen LogP contribution is -2.40. The largest absolute Gasteiger partial charge is 0.381 e. The minimum absolute atomic E-state index is 0.0415. The van der Waals surface area contributed by atoms with Crippen molar-refractivity contribution in [3.8, 4) is 6.07 Å². The summed E-state index contributed by atoms with van der Waals surface area (Å²) in [5.74, 6) is -3.19. The van der Waals surface area contributed by atoms with Crippen LogP contribution in [0.5, 0.6) is 0 Å². The van der Waals surface area contributed by atoms with Crippen LogP contribution in [0, 0.1) is 17.2 Å². The van der Waals surface area contributed by atoms with Crippen molar-refractivity contribution in [3.05, 3.63) is 69.1 Å². The lowest BCUT2D eigenvalue weighted by molar-refractivity contribution is -0.0855. The number of fused-ring (bicyclic) bond motifs is 9. The van der Waals surface area contributed by atoms with Gasteiger partial charge in [0.1, 0.15) is 5.82 Å². The highest BCUT2D eigenvalue weighted by Crippen LogP contribution is 2.43. The van der Waals surface area contributed by atoms with Crippen molar-refractivity contribution in [3.63, 3.8) is 0 Å². The number of ether oxygens (including phenoxy) is 1. The average Bonchev–Trinajstić information content (AvgIpc) is 3.06. The average molecular weight is 618 g/mol. The fourth-order valence-electron chi connectivity index (χ4n) is 7.60. The van der Waals surface area contributed by atoms with Crippen LogP contribution in [0.15, 0.2) is 41.2 Å². The van der Waals surface area contributed by atoms with Gasteiger partial charge in [0.05, 0.1) is 17.0 Å². The van der Waals surface area contributed by atoms with Gasteiger partial charge in [0.25, 0.3) is 5.92 Å². The number of alkyl halides is 2. The summed E-state index contributed by atoms with van der Waals surface area (Å²) >= 11 is 0. The maximum Gasteiger partial charge on any atom is 0.349 e. The van der Waals surface area contributed by atoms with E-state index in [1.165, 1.54) is 6.07 Å². The van der Waals surface area contributed by atoms with Crippen LogP contribution >= 0.6 is 0 Å². The van der Waals surface area contributed by atoms with Gasteiger partial charge in [-0.15, -0.1) is 0 Å². The molecule has 0 aliphatic carbocycles. The summed E-state index contributed by atoms with van der Waals surface area (Å²) in [5.41, 5.74) is 2.47. The van der Waals surface area contributed by atoms with Crippen LogP contribution in [-0.2, 0) is 29.5 Å². The molecule has 5 heterocycles. The third kappa shape index (κ3) is 6.37. The number of aromatic nitrogens is 2. The first-order chi connectivity index (χ1) is 21.7. The third-order valence-electron chi connectivity index (χ3n) is 10.5. The number of nitrogens with zero attached hydrogens (tertiary/aromatic N) is 4. The highest BCUT2D eigenvalue weighted by molar-refractivity contribution is 5.92. The third-order valence-corrected chi connectivity index (χ3v) is 10.5. The van der Waals surface area contributed by atoms with Crippen LogP contribution in [-0.4, -0.2) is 47.3 Å². The molecule has 4 aliphatic rings. The molecule has 1 atom stereocenters. The number of rotatable bonds is 1. The summed E-state index contributed by atoms with van der Waals surface area (Å²) in [6.45, 7) is 5.35. The van der Waals surface area contributed by atoms with Crippen LogP contribution in [0.3, 0.4) is 0 Å². The molecule has 9 heteroatoms. The number of aryl methyl sites for hydroxylation is 2. The standard InChI is InChI=1S/C36H45F2N5O2/c1-25-26-10-8-11-29(21-26)36(37,38)28-12-17-43(18-13-28)16-7-5-3-4-6-9-27-22-30(35(24-39)14-19-45-20-15-35)23-31-32(27)42(2)34(44)41-33(31)40-25/h8,10-11,21-23,25,28H,3-7,9,12-20H2,1-2H3,(H,40,41,44)/t25-/m1/s1. The Balaban J connectivity index is 1.45. The van der Waals surface area contributed by atoms with E-state index in [4.69, 9.17) is 4.74 Å². The van der Waals surface area contributed by atoms with Gasteiger partial charge in [-0.25, -0.2) is 13.6 Å². The van der Waals surface area contributed by atoms with Gasteiger partial charge in [-0.3, -0.25) is 4.57 Å². The van der Waals surface area contributed by atoms with E-state index in [1.54, 1.807) is 23.7 Å². The van der Waals surface area contributed by atoms with Crippen molar-refractivity contribution in [1.82, 2.24) is 14.5 Å². The fourth-order valence-corrected chi connectivity index (χ4v) is 7.60. The van der Waals surface area contributed by atoms with E-state index >= 15 is 8.78 Å². The van der Waals surface area contributed by atoms with E-state index in [-0.39, 0.29) is 17.3 Å². The number of nitrogens with one attached hydrogen (secondary N) is 1. The molecular weight excluding hydrogens is 572 g/mol. The Kier molecular flexibility index (Phi) is 9.26. The van der Waals surface area contributed by atoms with Crippen molar-refractivity contribution in [1.29, 1.82) is 5.26 Å². The summed E-state index contributed by atoms with van der Waals surface area (Å²) in [6, 6.07) is 13.1. The predicted molar refractivity (Wildman–Crippen MR) is 173 cm³/mol. The smallest absolute Gasteiger partial charge is 0.349 e. The van der Waals surface area contributed by atoms with Gasteiger partial charge >= 0.3 is 5.69 Å². The van der Waals surface area contributed by atoms with Gasteiger partial charge in [0.15, 0.2) is 0 Å². The summed E-state index contributed by atoms with van der Waals surface area (Å²) in [5, 5.41) is 14.6. The van der Waals surface area contributed by atoms with Crippen LogP contribution < -0.4 is 11.0 Å². The van der Waals surface area contributed by atoms with Gasteiger partial charge in [-0.05, 0) is 100 Å². The fraction of sp³-hybridized carbons (Fsp3) is 0.583. The highest BCUT2D eigenvalue weighted by Gasteiger charge is 2.43. The van der Waals surface area contributed by atoms with E-state index in [1.807, 2.05) is 19.1 Å². The molecule has 7 rings (SSSR count). The lowest BCUT2D eigenvalue weighted by atomic mass is 9.74. The number of hydrogen-bond donors (Lipinski definition) is 1. The molecule has 3 aromatic rings. The molecule has 4 aliphatic heterocycles. The zero-order chi connectivity index (χ0) is 31.6. The summed E-state index contributed by atoms with van der Waals surface area (Å²) in [7, 11) is 1.75. The van der Waals surface area contributed by atoms with Crippen molar-refractivity contribution in [2.24, 2.45) is 13.0 Å². The molecule has 8 bridgehead atoms. The van der Waals surface area contributed by atoms with Gasteiger partial charge in [0, 0.05) is 43.2 Å². The first-order valence-electron chi connectivity index (χ1n) is 16.7. The normalized spacial score (nSPS) is 25.6. The minimum Gasteiger partial charge on any atom is -0.381 e. The quantitative estimate of drug-likeness (QED) is 0.317. The van der Waals surface area contributed by atoms with E-state index in [9.17, 15) is 10.1 Å². The Morgan fingerprint density at radius 1 is 1.00 bits per heavy atom. The zero-order valence-electron chi connectivity index (χ0n) is 26.6.